The normalized spacial score (nSPS) is 18.2. The number of fused-ring (bicyclic) bond motifs is 1. The lowest BCUT2D eigenvalue weighted by Crippen LogP contribution is -2.35. The fourth-order valence-corrected chi connectivity index (χ4v) is 3.34. The topological polar surface area (TPSA) is 63.9 Å². The van der Waals surface area contributed by atoms with E-state index in [1.807, 2.05) is 66.7 Å². The van der Waals surface area contributed by atoms with E-state index in [0.29, 0.717) is 24.5 Å². The van der Waals surface area contributed by atoms with Gasteiger partial charge in [-0.2, -0.15) is 0 Å². The van der Waals surface area contributed by atoms with Gasteiger partial charge in [0.15, 0.2) is 5.82 Å². The lowest BCUT2D eigenvalue weighted by Gasteiger charge is -2.28. The van der Waals surface area contributed by atoms with Gasteiger partial charge in [0, 0.05) is 12.1 Å². The van der Waals surface area contributed by atoms with E-state index in [4.69, 9.17) is 0 Å². The first kappa shape index (κ1) is 16.9. The van der Waals surface area contributed by atoms with E-state index in [1.54, 1.807) is 15.7 Å². The van der Waals surface area contributed by atoms with Gasteiger partial charge in [-0.05, 0) is 27.6 Å². The molecule has 1 aromatic heterocycles. The minimum atomic E-state index is -0.367. The zero-order chi connectivity index (χ0) is 18.6. The lowest BCUT2D eigenvalue weighted by atomic mass is 10.0. The Balaban J connectivity index is 1.85. The fourth-order valence-electron chi connectivity index (χ4n) is 3.34. The van der Waals surface area contributed by atoms with Crippen molar-refractivity contribution in [2.75, 3.05) is 6.54 Å². The number of hydrogen-bond donors (Lipinski definition) is 0. The highest BCUT2D eigenvalue weighted by Gasteiger charge is 2.35. The number of benzene rings is 2. The number of tetrazole rings is 1. The lowest BCUT2D eigenvalue weighted by molar-refractivity contribution is -0.128. The van der Waals surface area contributed by atoms with Crippen molar-refractivity contribution in [2.24, 2.45) is 0 Å². The maximum absolute atomic E-state index is 13.4. The van der Waals surface area contributed by atoms with Gasteiger partial charge in [-0.3, -0.25) is 4.79 Å². The number of nitrogens with zero attached hydrogens (tertiary/aromatic N) is 5. The van der Waals surface area contributed by atoms with E-state index in [0.717, 1.165) is 11.1 Å². The standard InChI is InChI=1S/C21H19N5O/c1-2-13-25-19(17-11-7-4-8-12-17)20-22-23-24-26(20)15-18(21(25)27)14-16-9-5-3-6-10-16/h2-12,14,19H,1,13,15H2/b18-14-. The molecule has 0 spiro atoms. The molecule has 0 radical (unpaired) electrons. The Morgan fingerprint density at radius 1 is 1.07 bits per heavy atom. The van der Waals surface area contributed by atoms with Crippen LogP contribution in [0.1, 0.15) is 23.0 Å². The van der Waals surface area contributed by atoms with Gasteiger partial charge in [0.25, 0.3) is 5.91 Å². The fraction of sp³-hybridized carbons (Fsp3) is 0.143. The van der Waals surface area contributed by atoms with E-state index in [-0.39, 0.29) is 11.9 Å². The van der Waals surface area contributed by atoms with Gasteiger partial charge >= 0.3 is 0 Å². The third kappa shape index (κ3) is 3.29. The summed E-state index contributed by atoms with van der Waals surface area (Å²) in [6.07, 6.45) is 3.63. The van der Waals surface area contributed by atoms with E-state index in [1.165, 1.54) is 0 Å². The van der Waals surface area contributed by atoms with Crippen LogP contribution in [0.25, 0.3) is 6.08 Å². The van der Waals surface area contributed by atoms with E-state index >= 15 is 0 Å². The van der Waals surface area contributed by atoms with Crippen molar-refractivity contribution in [1.82, 2.24) is 25.1 Å². The second-order valence-electron chi connectivity index (χ2n) is 6.33. The highest BCUT2D eigenvalue weighted by molar-refractivity contribution is 5.98. The minimum absolute atomic E-state index is 0.0556. The zero-order valence-corrected chi connectivity index (χ0v) is 14.8. The summed E-state index contributed by atoms with van der Waals surface area (Å²) in [5, 5.41) is 12.2. The molecule has 0 saturated heterocycles. The first-order valence-corrected chi connectivity index (χ1v) is 8.76. The Morgan fingerprint density at radius 2 is 1.78 bits per heavy atom. The highest BCUT2D eigenvalue weighted by Crippen LogP contribution is 2.31. The molecule has 6 nitrogen and oxygen atoms in total. The summed E-state index contributed by atoms with van der Waals surface area (Å²) in [5.74, 6) is 0.591. The second kappa shape index (κ2) is 7.37. The van der Waals surface area contributed by atoms with Crippen LogP contribution in [-0.2, 0) is 11.3 Å². The van der Waals surface area contributed by atoms with Gasteiger partial charge in [-0.15, -0.1) is 11.7 Å². The predicted octanol–water partition coefficient (Wildman–Crippen LogP) is 2.87. The van der Waals surface area contributed by atoms with Gasteiger partial charge in [0.05, 0.1) is 6.54 Å². The maximum Gasteiger partial charge on any atom is 0.252 e. The Labute approximate surface area is 157 Å². The SMILES string of the molecule is C=CCN1C(=O)/C(=C\c2ccccc2)Cn2nnnc2C1c1ccccc1. The van der Waals surface area contributed by atoms with Crippen molar-refractivity contribution in [1.29, 1.82) is 0 Å². The molecule has 3 aromatic rings. The van der Waals surface area contributed by atoms with Crippen molar-refractivity contribution in [3.8, 4) is 0 Å². The van der Waals surface area contributed by atoms with Crippen LogP contribution >= 0.6 is 0 Å². The van der Waals surface area contributed by atoms with Crippen LogP contribution in [0.2, 0.25) is 0 Å². The average Bonchev–Trinajstić information content (AvgIpc) is 3.12. The van der Waals surface area contributed by atoms with Crippen LogP contribution in [0.15, 0.2) is 78.9 Å². The first-order valence-electron chi connectivity index (χ1n) is 8.76. The van der Waals surface area contributed by atoms with Gasteiger partial charge < -0.3 is 4.90 Å². The molecule has 0 aliphatic carbocycles. The molecular formula is C21H19N5O. The molecule has 2 aromatic carbocycles. The molecule has 6 heteroatoms. The largest absolute Gasteiger partial charge is 0.321 e. The Kier molecular flexibility index (Phi) is 4.61. The summed E-state index contributed by atoms with van der Waals surface area (Å²) in [6, 6.07) is 19.2. The monoisotopic (exact) mass is 357 g/mol. The van der Waals surface area contributed by atoms with Crippen molar-refractivity contribution in [2.45, 2.75) is 12.6 Å². The maximum atomic E-state index is 13.4. The van der Waals surface area contributed by atoms with Crippen LogP contribution in [0.4, 0.5) is 0 Å². The molecule has 0 saturated carbocycles. The summed E-state index contributed by atoms with van der Waals surface area (Å²) < 4.78 is 1.70. The zero-order valence-electron chi connectivity index (χ0n) is 14.8. The van der Waals surface area contributed by atoms with Crippen molar-refractivity contribution < 1.29 is 4.79 Å². The van der Waals surface area contributed by atoms with Crippen molar-refractivity contribution >= 4 is 12.0 Å². The molecule has 1 atom stereocenters. The van der Waals surface area contributed by atoms with Crippen LogP contribution < -0.4 is 0 Å². The Hall–Kier alpha value is -3.54. The molecule has 27 heavy (non-hydrogen) atoms. The molecule has 1 aliphatic heterocycles. The van der Waals surface area contributed by atoms with E-state index < -0.39 is 0 Å². The number of carbonyl (C=O) groups is 1. The van der Waals surface area contributed by atoms with Crippen LogP contribution in [0.5, 0.6) is 0 Å². The number of hydrogen-bond acceptors (Lipinski definition) is 4. The summed E-state index contributed by atoms with van der Waals surface area (Å²) in [5.41, 5.74) is 2.56. The Morgan fingerprint density at radius 3 is 2.48 bits per heavy atom. The van der Waals surface area contributed by atoms with Gasteiger partial charge in [0.1, 0.15) is 6.04 Å². The van der Waals surface area contributed by atoms with Crippen LogP contribution in [-0.4, -0.2) is 37.6 Å². The highest BCUT2D eigenvalue weighted by atomic mass is 16.2. The van der Waals surface area contributed by atoms with Crippen molar-refractivity contribution in [3.63, 3.8) is 0 Å². The molecule has 134 valence electrons. The molecule has 1 amide bonds. The van der Waals surface area contributed by atoms with Gasteiger partial charge in [-0.25, -0.2) is 4.68 Å². The first-order chi connectivity index (χ1) is 13.3. The molecular weight excluding hydrogens is 338 g/mol. The Bertz CT molecular complexity index is 978. The number of rotatable bonds is 4. The smallest absolute Gasteiger partial charge is 0.252 e. The minimum Gasteiger partial charge on any atom is -0.321 e. The van der Waals surface area contributed by atoms with Gasteiger partial charge in [0.2, 0.25) is 0 Å². The number of aromatic nitrogens is 4. The summed E-state index contributed by atoms with van der Waals surface area (Å²) >= 11 is 0. The molecule has 0 bridgehead atoms. The quantitative estimate of drug-likeness (QED) is 0.532. The molecule has 4 rings (SSSR count). The molecule has 2 heterocycles. The summed E-state index contributed by atoms with van der Waals surface area (Å²) in [6.45, 7) is 4.56. The van der Waals surface area contributed by atoms with Crippen molar-refractivity contribution in [3.05, 3.63) is 95.8 Å². The molecule has 1 unspecified atom stereocenters. The average molecular weight is 357 g/mol. The van der Waals surface area contributed by atoms with E-state index in [2.05, 4.69) is 22.1 Å². The molecule has 0 fully saturated rings. The third-order valence-electron chi connectivity index (χ3n) is 4.55. The second-order valence-corrected chi connectivity index (χ2v) is 6.33. The van der Waals surface area contributed by atoms with E-state index in [9.17, 15) is 4.79 Å². The molecule has 1 aliphatic rings. The van der Waals surface area contributed by atoms with Crippen LogP contribution in [0, 0.1) is 0 Å². The number of carbonyl (C=O) groups excluding carboxylic acids is 1. The predicted molar refractivity (Wildman–Crippen MR) is 102 cm³/mol. The summed E-state index contributed by atoms with van der Waals surface area (Å²) in [4.78, 5) is 15.2. The van der Waals surface area contributed by atoms with Crippen LogP contribution in [0.3, 0.4) is 0 Å². The van der Waals surface area contributed by atoms with Gasteiger partial charge in [-0.1, -0.05) is 66.7 Å². The number of amides is 1. The molecule has 0 N–H and O–H groups in total. The third-order valence-corrected chi connectivity index (χ3v) is 4.55. The summed E-state index contributed by atoms with van der Waals surface area (Å²) in [7, 11) is 0.